The van der Waals surface area contributed by atoms with Crippen LogP contribution >= 0.6 is 23.2 Å². The van der Waals surface area contributed by atoms with Crippen LogP contribution in [0, 0.1) is 11.3 Å². The zero-order valence-electron chi connectivity index (χ0n) is 15.5. The summed E-state index contributed by atoms with van der Waals surface area (Å²) in [5.41, 5.74) is 5.97. The largest absolute Gasteiger partial charge is 0.345 e. The molecule has 0 aliphatic heterocycles. The molecule has 0 saturated carbocycles. The average molecular weight is 418 g/mol. The van der Waals surface area contributed by atoms with E-state index in [0.717, 1.165) is 46.6 Å². The third kappa shape index (κ3) is 4.51. The van der Waals surface area contributed by atoms with Crippen LogP contribution in [0.5, 0.6) is 0 Å². The van der Waals surface area contributed by atoms with Crippen molar-refractivity contribution in [2.45, 2.75) is 12.8 Å². The highest BCUT2D eigenvalue weighted by atomic mass is 35.5. The molecule has 0 fully saturated rings. The van der Waals surface area contributed by atoms with Crippen LogP contribution in [0.1, 0.15) is 28.2 Å². The molecule has 5 heteroatoms. The first kappa shape index (κ1) is 19.3. The van der Waals surface area contributed by atoms with Crippen LogP contribution in [-0.2, 0) is 12.8 Å². The van der Waals surface area contributed by atoms with Crippen LogP contribution in [0.25, 0.3) is 11.1 Å². The summed E-state index contributed by atoms with van der Waals surface area (Å²) in [6.07, 6.45) is 3.34. The van der Waals surface area contributed by atoms with Gasteiger partial charge in [0.2, 0.25) is 0 Å². The predicted octanol–water partition coefficient (Wildman–Crippen LogP) is 6.44. The van der Waals surface area contributed by atoms with Crippen molar-refractivity contribution in [3.8, 4) is 17.2 Å². The lowest BCUT2D eigenvalue weighted by Gasteiger charge is -2.07. The van der Waals surface area contributed by atoms with Crippen molar-refractivity contribution < 1.29 is 0 Å². The molecule has 1 aromatic heterocycles. The average Bonchev–Trinajstić information content (AvgIpc) is 3.18. The van der Waals surface area contributed by atoms with Gasteiger partial charge < -0.3 is 4.98 Å². The maximum absolute atomic E-state index is 8.89. The molecular weight excluding hydrogens is 401 g/mol. The first-order valence-electron chi connectivity index (χ1n) is 9.17. The van der Waals surface area contributed by atoms with Gasteiger partial charge >= 0.3 is 0 Å². The molecule has 0 atom stereocenters. The summed E-state index contributed by atoms with van der Waals surface area (Å²) >= 11 is 12.4. The minimum Gasteiger partial charge on any atom is -0.345 e. The number of nitrogens with zero attached hydrogens (tertiary/aromatic N) is 2. The van der Waals surface area contributed by atoms with E-state index in [2.05, 4.69) is 28.2 Å². The Morgan fingerprint density at radius 1 is 0.862 bits per heavy atom. The second-order valence-electron chi connectivity index (χ2n) is 6.82. The van der Waals surface area contributed by atoms with Gasteiger partial charge in [-0.05, 0) is 34.9 Å². The van der Waals surface area contributed by atoms with E-state index in [9.17, 15) is 0 Å². The van der Waals surface area contributed by atoms with E-state index in [1.165, 1.54) is 0 Å². The molecule has 0 spiro atoms. The number of H-pyrrole nitrogens is 1. The van der Waals surface area contributed by atoms with Crippen molar-refractivity contribution in [3.05, 3.63) is 111 Å². The van der Waals surface area contributed by atoms with Gasteiger partial charge in [-0.1, -0.05) is 71.7 Å². The van der Waals surface area contributed by atoms with Crippen molar-refractivity contribution in [2.24, 2.45) is 0 Å². The van der Waals surface area contributed by atoms with E-state index < -0.39 is 0 Å². The van der Waals surface area contributed by atoms with Crippen molar-refractivity contribution in [2.75, 3.05) is 0 Å². The minimum absolute atomic E-state index is 0.554. The van der Waals surface area contributed by atoms with Crippen molar-refractivity contribution in [1.29, 1.82) is 5.26 Å². The topological polar surface area (TPSA) is 52.5 Å². The van der Waals surface area contributed by atoms with Crippen molar-refractivity contribution in [1.82, 2.24) is 9.97 Å². The summed E-state index contributed by atoms with van der Waals surface area (Å²) in [6, 6.07) is 23.6. The smallest absolute Gasteiger partial charge is 0.110 e. The molecule has 1 N–H and O–H groups in total. The first-order valence-corrected chi connectivity index (χ1v) is 9.93. The Balaban J connectivity index is 1.44. The van der Waals surface area contributed by atoms with Gasteiger partial charge in [-0.15, -0.1) is 0 Å². The molecule has 142 valence electrons. The zero-order valence-corrected chi connectivity index (χ0v) is 17.0. The number of nitriles is 1. The van der Waals surface area contributed by atoms with Crippen molar-refractivity contribution in [3.63, 3.8) is 0 Å². The molecule has 0 aliphatic rings. The Kier molecular flexibility index (Phi) is 5.67. The fourth-order valence-electron chi connectivity index (χ4n) is 3.22. The summed E-state index contributed by atoms with van der Waals surface area (Å²) in [5.74, 6) is 0.919. The standard InChI is InChI=1S/C24H17Cl2N3/c25-22-3-1-2-21(24(22)26)19-10-8-17(9-11-19)13-23-28-15-20(29-23)12-16-4-6-18(14-27)7-5-16/h1-11,15H,12-13H2,(H,28,29). The SMILES string of the molecule is N#Cc1ccc(Cc2cnc(Cc3ccc(-c4cccc(Cl)c4Cl)cc3)[nH]2)cc1. The number of benzene rings is 3. The molecule has 1 heterocycles. The summed E-state index contributed by atoms with van der Waals surface area (Å²) < 4.78 is 0. The van der Waals surface area contributed by atoms with Gasteiger partial charge in [-0.2, -0.15) is 5.26 Å². The summed E-state index contributed by atoms with van der Waals surface area (Å²) in [5, 5.41) is 10.0. The van der Waals surface area contributed by atoms with Crippen LogP contribution in [-0.4, -0.2) is 9.97 Å². The maximum Gasteiger partial charge on any atom is 0.110 e. The summed E-state index contributed by atoms with van der Waals surface area (Å²) in [6.45, 7) is 0. The monoisotopic (exact) mass is 417 g/mol. The van der Waals surface area contributed by atoms with E-state index in [0.29, 0.717) is 15.6 Å². The van der Waals surface area contributed by atoms with Crippen LogP contribution in [0.2, 0.25) is 10.0 Å². The molecule has 0 aliphatic carbocycles. The van der Waals surface area contributed by atoms with Crippen molar-refractivity contribution >= 4 is 23.2 Å². The van der Waals surface area contributed by atoms with E-state index in [1.54, 1.807) is 6.07 Å². The van der Waals surface area contributed by atoms with Crippen LogP contribution in [0.15, 0.2) is 72.9 Å². The van der Waals surface area contributed by atoms with E-state index in [1.807, 2.05) is 54.7 Å². The Morgan fingerprint density at radius 2 is 1.55 bits per heavy atom. The first-order chi connectivity index (χ1) is 14.1. The van der Waals surface area contributed by atoms with Gasteiger partial charge in [-0.3, -0.25) is 0 Å². The fourth-order valence-corrected chi connectivity index (χ4v) is 3.63. The maximum atomic E-state index is 8.89. The molecule has 3 aromatic carbocycles. The van der Waals surface area contributed by atoms with E-state index >= 15 is 0 Å². The second-order valence-corrected chi connectivity index (χ2v) is 7.60. The van der Waals surface area contributed by atoms with Gasteiger partial charge in [-0.25, -0.2) is 4.98 Å². The Morgan fingerprint density at radius 3 is 2.28 bits per heavy atom. The van der Waals surface area contributed by atoms with Gasteiger partial charge in [0.1, 0.15) is 5.82 Å². The van der Waals surface area contributed by atoms with Gasteiger partial charge in [0.05, 0.1) is 21.7 Å². The number of halogens is 2. The molecule has 0 unspecified atom stereocenters. The lowest BCUT2D eigenvalue weighted by molar-refractivity contribution is 1.000. The molecule has 0 bridgehead atoms. The number of hydrogen-bond acceptors (Lipinski definition) is 2. The number of aromatic nitrogens is 2. The van der Waals surface area contributed by atoms with E-state index in [-0.39, 0.29) is 0 Å². The zero-order chi connectivity index (χ0) is 20.2. The minimum atomic E-state index is 0.554. The number of imidazole rings is 1. The van der Waals surface area contributed by atoms with E-state index in [4.69, 9.17) is 28.5 Å². The predicted molar refractivity (Wildman–Crippen MR) is 117 cm³/mol. The van der Waals surface area contributed by atoms with Crippen LogP contribution in [0.3, 0.4) is 0 Å². The lowest BCUT2D eigenvalue weighted by Crippen LogP contribution is -1.93. The molecular formula is C24H17Cl2N3. The number of aromatic amines is 1. The van der Waals surface area contributed by atoms with Crippen LogP contribution < -0.4 is 0 Å². The summed E-state index contributed by atoms with van der Waals surface area (Å²) in [4.78, 5) is 7.89. The third-order valence-electron chi connectivity index (χ3n) is 4.75. The highest BCUT2D eigenvalue weighted by Crippen LogP contribution is 2.33. The normalized spacial score (nSPS) is 10.7. The highest BCUT2D eigenvalue weighted by molar-refractivity contribution is 6.43. The molecule has 29 heavy (non-hydrogen) atoms. The van der Waals surface area contributed by atoms with Gasteiger partial charge in [0, 0.05) is 30.3 Å². The Hall–Kier alpha value is -3.06. The third-order valence-corrected chi connectivity index (χ3v) is 5.57. The Bertz CT molecular complexity index is 1170. The number of hydrogen-bond donors (Lipinski definition) is 1. The second kappa shape index (κ2) is 8.53. The lowest BCUT2D eigenvalue weighted by atomic mass is 10.0. The quantitative estimate of drug-likeness (QED) is 0.406. The highest BCUT2D eigenvalue weighted by Gasteiger charge is 2.08. The molecule has 3 nitrogen and oxygen atoms in total. The molecule has 0 saturated heterocycles. The van der Waals surface area contributed by atoms with Gasteiger partial charge in [0.15, 0.2) is 0 Å². The molecule has 0 amide bonds. The molecule has 0 radical (unpaired) electrons. The Labute approximate surface area is 179 Å². The van der Waals surface area contributed by atoms with Crippen LogP contribution in [0.4, 0.5) is 0 Å². The fraction of sp³-hybridized carbons (Fsp3) is 0.0833. The van der Waals surface area contributed by atoms with Gasteiger partial charge in [0.25, 0.3) is 0 Å². The molecule has 4 rings (SSSR count). The molecule has 4 aromatic rings. The number of nitrogens with one attached hydrogen (secondary N) is 1. The number of rotatable bonds is 5. The summed E-state index contributed by atoms with van der Waals surface area (Å²) in [7, 11) is 0.